The van der Waals surface area contributed by atoms with Gasteiger partial charge >= 0.3 is 5.97 Å². The van der Waals surface area contributed by atoms with Crippen molar-refractivity contribution in [3.63, 3.8) is 0 Å². The lowest BCUT2D eigenvalue weighted by atomic mass is 10.1. The summed E-state index contributed by atoms with van der Waals surface area (Å²) in [5, 5.41) is 39.1. The first-order valence-corrected chi connectivity index (χ1v) is 7.53. The molecule has 4 atom stereocenters. The lowest BCUT2D eigenvalue weighted by Crippen LogP contribution is -2.46. The highest BCUT2D eigenvalue weighted by molar-refractivity contribution is 5.90. The highest BCUT2D eigenvalue weighted by Gasteiger charge is 2.56. The zero-order chi connectivity index (χ0) is 17.5. The van der Waals surface area contributed by atoms with E-state index >= 15 is 0 Å². The first-order chi connectivity index (χ1) is 11.4. The summed E-state index contributed by atoms with van der Waals surface area (Å²) in [5.41, 5.74) is 1.69. The van der Waals surface area contributed by atoms with Crippen molar-refractivity contribution < 1.29 is 34.7 Å². The van der Waals surface area contributed by atoms with Gasteiger partial charge in [0, 0.05) is 5.39 Å². The number of aromatic nitrogens is 1. The van der Waals surface area contributed by atoms with Gasteiger partial charge in [0.1, 0.15) is 18.0 Å². The van der Waals surface area contributed by atoms with Crippen LogP contribution in [0.3, 0.4) is 0 Å². The lowest BCUT2D eigenvalue weighted by Gasteiger charge is -2.22. The van der Waals surface area contributed by atoms with E-state index in [2.05, 4.69) is 4.98 Å². The Morgan fingerprint density at radius 3 is 2.79 bits per heavy atom. The zero-order valence-corrected chi connectivity index (χ0v) is 12.9. The Morgan fingerprint density at radius 2 is 2.17 bits per heavy atom. The topological polar surface area (TPSA) is 131 Å². The van der Waals surface area contributed by atoms with Crippen LogP contribution in [0.5, 0.6) is 5.75 Å². The van der Waals surface area contributed by atoms with E-state index in [0.717, 1.165) is 12.0 Å². The minimum Gasteiger partial charge on any atom is -0.661 e. The Hall–Kier alpha value is -1.97. The van der Waals surface area contributed by atoms with Crippen LogP contribution in [0.15, 0.2) is 24.4 Å². The summed E-state index contributed by atoms with van der Waals surface area (Å²) < 4.78 is 10.1. The van der Waals surface area contributed by atoms with Gasteiger partial charge in [0.2, 0.25) is 5.79 Å². The van der Waals surface area contributed by atoms with Crippen LogP contribution >= 0.6 is 0 Å². The molecule has 1 aromatic carbocycles. The number of ether oxygens (including phenoxy) is 2. The Morgan fingerprint density at radius 1 is 1.42 bits per heavy atom. The van der Waals surface area contributed by atoms with Crippen molar-refractivity contribution in [1.82, 2.24) is 4.98 Å². The summed E-state index contributed by atoms with van der Waals surface area (Å²) in [7, 11) is 0. The number of rotatable bonds is 4. The van der Waals surface area contributed by atoms with Crippen LogP contribution in [0.25, 0.3) is 10.9 Å². The summed E-state index contributed by atoms with van der Waals surface area (Å²) in [5.74, 6) is -3.22. The van der Waals surface area contributed by atoms with Crippen LogP contribution < -0.4 is 9.72 Å². The Kier molecular flexibility index (Phi) is 4.33. The zero-order valence-electron chi connectivity index (χ0n) is 12.9. The van der Waals surface area contributed by atoms with Crippen LogP contribution in [0.2, 0.25) is 0 Å². The fourth-order valence-electron chi connectivity index (χ4n) is 2.67. The van der Waals surface area contributed by atoms with Crippen molar-refractivity contribution in [3.8, 4) is 5.75 Å². The summed E-state index contributed by atoms with van der Waals surface area (Å²) >= 11 is 0. The molecule has 0 spiro atoms. The van der Waals surface area contributed by atoms with E-state index in [1.54, 1.807) is 6.07 Å². The maximum absolute atomic E-state index is 12.2. The number of hydrogen-bond donors (Lipinski definition) is 4. The molecule has 130 valence electrons. The minimum absolute atomic E-state index is 0.190. The monoisotopic (exact) mass is 336 g/mol. The van der Waals surface area contributed by atoms with Crippen LogP contribution in [0.4, 0.5) is 0 Å². The smallest absolute Gasteiger partial charge is 0.343 e. The van der Waals surface area contributed by atoms with Crippen molar-refractivity contribution in [1.29, 1.82) is 0 Å². The number of carbonyl (C=O) groups excluding carboxylic acids is 1. The Balaban J connectivity index is 1.83. The molecule has 0 amide bonds. The number of hydrogen-bond acceptors (Lipinski definition) is 7. The Labute approximate surface area is 137 Å². The normalized spacial score (nSPS) is 30.0. The van der Waals surface area contributed by atoms with Crippen LogP contribution in [0.1, 0.15) is 12.5 Å². The number of aliphatic hydroxyl groups is 4. The van der Waals surface area contributed by atoms with Gasteiger partial charge in [-0.2, -0.15) is 0 Å². The molecule has 0 radical (unpaired) electrons. The van der Waals surface area contributed by atoms with E-state index < -0.39 is 36.7 Å². The Bertz CT molecular complexity index is 758. The second-order valence-electron chi connectivity index (χ2n) is 5.73. The predicted octanol–water partition coefficient (Wildman–Crippen LogP) is -0.934. The molecule has 1 aliphatic rings. The highest BCUT2D eigenvalue weighted by Crippen LogP contribution is 2.31. The average Bonchev–Trinajstić information content (AvgIpc) is 3.09. The van der Waals surface area contributed by atoms with E-state index in [-0.39, 0.29) is 5.75 Å². The van der Waals surface area contributed by atoms with E-state index in [4.69, 9.17) is 14.6 Å². The summed E-state index contributed by atoms with van der Waals surface area (Å²) in [4.78, 5) is 16.4. The fraction of sp³-hybridized carbons (Fsp3) is 0.438. The molecule has 8 nitrogen and oxygen atoms in total. The highest BCUT2D eigenvalue weighted by atomic mass is 16.7. The maximum atomic E-state index is 12.2. The third kappa shape index (κ3) is 2.68. The first-order valence-electron chi connectivity index (χ1n) is 7.53. The third-order valence-corrected chi connectivity index (χ3v) is 4.15. The van der Waals surface area contributed by atoms with Gasteiger partial charge in [-0.05, 0) is 18.1 Å². The molecular weight excluding hydrogens is 318 g/mol. The third-order valence-electron chi connectivity index (χ3n) is 4.15. The van der Waals surface area contributed by atoms with E-state index in [0.29, 0.717) is 10.9 Å². The number of nitrogens with zero attached hydrogens (tertiary/aromatic N) is 1. The summed E-state index contributed by atoms with van der Waals surface area (Å²) in [6.45, 7) is 1.01. The minimum atomic E-state index is -2.41. The van der Waals surface area contributed by atoms with Gasteiger partial charge in [-0.25, -0.2) is 4.79 Å². The first kappa shape index (κ1) is 16.9. The van der Waals surface area contributed by atoms with Crippen LogP contribution in [-0.2, 0) is 16.0 Å². The number of benzene rings is 1. The van der Waals surface area contributed by atoms with Crippen molar-refractivity contribution in [2.75, 3.05) is 6.61 Å². The number of fused-ring (bicyclic) bond motifs is 1. The van der Waals surface area contributed by atoms with Crippen LogP contribution in [-0.4, -0.2) is 57.1 Å². The maximum Gasteiger partial charge on any atom is 0.343 e. The molecule has 1 aliphatic heterocycles. The molecule has 1 fully saturated rings. The molecule has 3 rings (SSSR count). The standard InChI is InChI=1S/C16H18NO7/c1-2-8-3-4-10-9(5-8)11(6-17-10)23-15(21)13-12(19)14(20)16(22,7-18)24-13/h3-6,12-14,18-20,22H,2,7H2,1H3/q-1. The molecule has 4 unspecified atom stereocenters. The number of esters is 1. The molecule has 4 N–H and O–H groups in total. The van der Waals surface area contributed by atoms with Crippen molar-refractivity contribution >= 4 is 16.9 Å². The molecule has 1 aromatic heterocycles. The molecule has 1 saturated heterocycles. The van der Waals surface area contributed by atoms with Crippen molar-refractivity contribution in [2.24, 2.45) is 0 Å². The quantitative estimate of drug-likeness (QED) is 0.527. The molecule has 0 saturated carbocycles. The second kappa shape index (κ2) is 6.15. The van der Waals surface area contributed by atoms with E-state index in [9.17, 15) is 20.1 Å². The fourth-order valence-corrected chi connectivity index (χ4v) is 2.67. The van der Waals surface area contributed by atoms with Gasteiger partial charge in [0.15, 0.2) is 6.10 Å². The molecule has 2 aromatic rings. The predicted molar refractivity (Wildman–Crippen MR) is 81.2 cm³/mol. The van der Waals surface area contributed by atoms with Gasteiger partial charge in [0.25, 0.3) is 0 Å². The van der Waals surface area contributed by atoms with Crippen LogP contribution in [0, 0.1) is 0 Å². The second-order valence-corrected chi connectivity index (χ2v) is 5.73. The lowest BCUT2D eigenvalue weighted by molar-refractivity contribution is -0.246. The summed E-state index contributed by atoms with van der Waals surface area (Å²) in [6.07, 6.45) is -3.01. The largest absolute Gasteiger partial charge is 0.661 e. The van der Waals surface area contributed by atoms with Crippen molar-refractivity contribution in [3.05, 3.63) is 30.0 Å². The molecular formula is C16H18NO7-. The van der Waals surface area contributed by atoms with Gasteiger partial charge in [0.05, 0.1) is 6.61 Å². The molecule has 0 bridgehead atoms. The van der Waals surface area contributed by atoms with E-state index in [1.165, 1.54) is 6.20 Å². The molecule has 24 heavy (non-hydrogen) atoms. The molecule has 0 aliphatic carbocycles. The number of aryl methyl sites for hydroxylation is 1. The number of aliphatic hydroxyl groups excluding tert-OH is 3. The molecule has 2 heterocycles. The SMILES string of the molecule is CCc1ccc2[n-]cc(OC(=O)C3OC(O)(CO)C(O)C3O)c2c1. The summed E-state index contributed by atoms with van der Waals surface area (Å²) in [6, 6.07) is 5.57. The van der Waals surface area contributed by atoms with Gasteiger partial charge in [-0.15, -0.1) is 11.7 Å². The average molecular weight is 336 g/mol. The molecule has 8 heteroatoms. The van der Waals surface area contributed by atoms with E-state index in [1.807, 2.05) is 19.1 Å². The van der Waals surface area contributed by atoms with Gasteiger partial charge in [-0.1, -0.05) is 19.1 Å². The van der Waals surface area contributed by atoms with Gasteiger partial charge < -0.3 is 34.9 Å². The number of carbonyl (C=O) groups is 1. The van der Waals surface area contributed by atoms with Crippen molar-refractivity contribution in [2.45, 2.75) is 37.4 Å². The van der Waals surface area contributed by atoms with Gasteiger partial charge in [-0.3, -0.25) is 0 Å².